The standard InChI is InChI=1S/C16H21F2N3O/c1-21(13-6-10-2-3-11(7-13)19-10)9-16(22)20-12-4-5-14(17)15(18)8-12/h4-5,8,10-11,13,19H,2-3,6-7,9H2,1H3,(H,20,22). The highest BCUT2D eigenvalue weighted by atomic mass is 19.2. The Morgan fingerprint density at radius 1 is 1.27 bits per heavy atom. The second kappa shape index (κ2) is 6.30. The molecule has 3 rings (SSSR count). The number of amides is 1. The van der Waals surface area contributed by atoms with E-state index in [0.29, 0.717) is 18.1 Å². The zero-order valence-corrected chi connectivity index (χ0v) is 12.6. The van der Waals surface area contributed by atoms with Crippen molar-refractivity contribution in [3.63, 3.8) is 0 Å². The van der Waals surface area contributed by atoms with Crippen LogP contribution >= 0.6 is 0 Å². The number of hydrogen-bond donors (Lipinski definition) is 2. The van der Waals surface area contributed by atoms with Gasteiger partial charge in [-0.3, -0.25) is 9.69 Å². The van der Waals surface area contributed by atoms with Crippen molar-refractivity contribution in [1.82, 2.24) is 10.2 Å². The first-order chi connectivity index (χ1) is 10.5. The summed E-state index contributed by atoms with van der Waals surface area (Å²) in [5.41, 5.74) is 0.280. The quantitative estimate of drug-likeness (QED) is 0.895. The van der Waals surface area contributed by atoms with Gasteiger partial charge in [-0.1, -0.05) is 0 Å². The van der Waals surface area contributed by atoms with Crippen LogP contribution in [0.3, 0.4) is 0 Å². The molecule has 2 heterocycles. The number of hydrogen-bond acceptors (Lipinski definition) is 3. The maximum absolute atomic E-state index is 13.1. The first kappa shape index (κ1) is 15.4. The molecule has 0 spiro atoms. The smallest absolute Gasteiger partial charge is 0.238 e. The van der Waals surface area contributed by atoms with E-state index in [1.165, 1.54) is 18.9 Å². The van der Waals surface area contributed by atoms with Gasteiger partial charge in [0.1, 0.15) is 0 Å². The molecule has 2 fully saturated rings. The van der Waals surface area contributed by atoms with Crippen molar-refractivity contribution < 1.29 is 13.6 Å². The molecule has 0 aromatic heterocycles. The lowest BCUT2D eigenvalue weighted by Gasteiger charge is -2.35. The molecule has 1 aromatic carbocycles. The van der Waals surface area contributed by atoms with E-state index in [1.54, 1.807) is 0 Å². The Hall–Kier alpha value is -1.53. The SMILES string of the molecule is CN(CC(=O)Nc1ccc(F)c(F)c1)C1CC2CCC(C1)N2. The average molecular weight is 309 g/mol. The highest BCUT2D eigenvalue weighted by Crippen LogP contribution is 2.29. The summed E-state index contributed by atoms with van der Waals surface area (Å²) < 4.78 is 26.0. The molecule has 0 saturated carbocycles. The Bertz CT molecular complexity index is 554. The maximum atomic E-state index is 13.1. The molecular weight excluding hydrogens is 288 g/mol. The lowest BCUT2D eigenvalue weighted by Crippen LogP contribution is -2.48. The second-order valence-corrected chi connectivity index (χ2v) is 6.36. The summed E-state index contributed by atoms with van der Waals surface area (Å²) in [5.74, 6) is -2.08. The summed E-state index contributed by atoms with van der Waals surface area (Å²) >= 11 is 0. The Morgan fingerprint density at radius 3 is 2.59 bits per heavy atom. The number of benzene rings is 1. The number of likely N-dealkylation sites (N-methyl/N-ethyl adjacent to an activating group) is 1. The Labute approximate surface area is 128 Å². The molecule has 1 amide bonds. The maximum Gasteiger partial charge on any atom is 0.238 e. The minimum Gasteiger partial charge on any atom is -0.325 e. The van der Waals surface area contributed by atoms with Crippen molar-refractivity contribution in [2.45, 2.75) is 43.8 Å². The van der Waals surface area contributed by atoms with Gasteiger partial charge in [0.05, 0.1) is 6.54 Å². The van der Waals surface area contributed by atoms with Crippen LogP contribution in [0, 0.1) is 11.6 Å². The minimum absolute atomic E-state index is 0.209. The predicted octanol–water partition coefficient (Wildman–Crippen LogP) is 2.12. The lowest BCUT2D eigenvalue weighted by atomic mass is 9.98. The number of halogens is 2. The molecule has 4 nitrogen and oxygen atoms in total. The second-order valence-electron chi connectivity index (χ2n) is 6.36. The van der Waals surface area contributed by atoms with Gasteiger partial charge >= 0.3 is 0 Å². The van der Waals surface area contributed by atoms with Crippen molar-refractivity contribution in [1.29, 1.82) is 0 Å². The number of piperidine rings is 1. The topological polar surface area (TPSA) is 44.4 Å². The van der Waals surface area contributed by atoms with E-state index in [2.05, 4.69) is 15.5 Å². The molecule has 6 heteroatoms. The summed E-state index contributed by atoms with van der Waals surface area (Å²) in [4.78, 5) is 14.1. The third kappa shape index (κ3) is 3.44. The van der Waals surface area contributed by atoms with Crippen molar-refractivity contribution in [3.8, 4) is 0 Å². The molecule has 2 aliphatic heterocycles. The van der Waals surface area contributed by atoms with Crippen molar-refractivity contribution in [3.05, 3.63) is 29.8 Å². The molecule has 120 valence electrons. The molecule has 2 atom stereocenters. The third-order valence-electron chi connectivity index (χ3n) is 4.67. The molecule has 0 radical (unpaired) electrons. The summed E-state index contributed by atoms with van der Waals surface area (Å²) in [7, 11) is 1.94. The fourth-order valence-electron chi connectivity index (χ4n) is 3.52. The van der Waals surface area contributed by atoms with E-state index in [1.807, 2.05) is 7.05 Å². The van der Waals surface area contributed by atoms with E-state index in [9.17, 15) is 13.6 Å². The zero-order chi connectivity index (χ0) is 15.7. The van der Waals surface area contributed by atoms with Crippen LogP contribution in [-0.2, 0) is 4.79 Å². The van der Waals surface area contributed by atoms with Gasteiger partial charge in [0.2, 0.25) is 5.91 Å². The van der Waals surface area contributed by atoms with Gasteiger partial charge in [-0.05, 0) is 44.9 Å². The first-order valence-electron chi connectivity index (χ1n) is 7.72. The molecule has 2 aliphatic rings. The minimum atomic E-state index is -0.957. The largest absolute Gasteiger partial charge is 0.325 e. The van der Waals surface area contributed by atoms with Gasteiger partial charge in [-0.15, -0.1) is 0 Å². The van der Waals surface area contributed by atoms with Gasteiger partial charge in [0.25, 0.3) is 0 Å². The number of nitrogens with zero attached hydrogens (tertiary/aromatic N) is 1. The van der Waals surface area contributed by atoms with Gasteiger partial charge in [0, 0.05) is 29.9 Å². The number of anilines is 1. The van der Waals surface area contributed by atoms with Gasteiger partial charge in [0.15, 0.2) is 11.6 Å². The van der Waals surface area contributed by atoms with E-state index in [-0.39, 0.29) is 18.1 Å². The van der Waals surface area contributed by atoms with E-state index in [4.69, 9.17) is 0 Å². The van der Waals surface area contributed by atoms with E-state index in [0.717, 1.165) is 25.0 Å². The van der Waals surface area contributed by atoms with Crippen LogP contribution in [-0.4, -0.2) is 42.5 Å². The van der Waals surface area contributed by atoms with Crippen molar-refractivity contribution in [2.24, 2.45) is 0 Å². The Morgan fingerprint density at radius 2 is 1.95 bits per heavy atom. The van der Waals surface area contributed by atoms with Gasteiger partial charge < -0.3 is 10.6 Å². The first-order valence-corrected chi connectivity index (χ1v) is 7.72. The third-order valence-corrected chi connectivity index (χ3v) is 4.67. The predicted molar refractivity (Wildman–Crippen MR) is 80.6 cm³/mol. The highest BCUT2D eigenvalue weighted by Gasteiger charge is 2.35. The number of fused-ring (bicyclic) bond motifs is 2. The fraction of sp³-hybridized carbons (Fsp3) is 0.562. The molecule has 2 N–H and O–H groups in total. The lowest BCUT2D eigenvalue weighted by molar-refractivity contribution is -0.117. The van der Waals surface area contributed by atoms with Crippen LogP contribution in [0.5, 0.6) is 0 Å². The number of carbonyl (C=O) groups excluding carboxylic acids is 1. The molecule has 2 saturated heterocycles. The van der Waals surface area contributed by atoms with Crippen molar-refractivity contribution >= 4 is 11.6 Å². The highest BCUT2D eigenvalue weighted by molar-refractivity contribution is 5.92. The monoisotopic (exact) mass is 309 g/mol. The van der Waals surface area contributed by atoms with Crippen LogP contribution < -0.4 is 10.6 Å². The molecular formula is C16H21F2N3O. The Kier molecular flexibility index (Phi) is 4.40. The molecule has 22 heavy (non-hydrogen) atoms. The number of rotatable bonds is 4. The summed E-state index contributed by atoms with van der Waals surface area (Å²) in [5, 5.41) is 6.19. The Balaban J connectivity index is 1.53. The van der Waals surface area contributed by atoms with Crippen LogP contribution in [0.25, 0.3) is 0 Å². The summed E-state index contributed by atoms with van der Waals surface area (Å²) in [6.45, 7) is 0.253. The molecule has 0 aliphatic carbocycles. The summed E-state index contributed by atoms with van der Waals surface area (Å²) in [6, 6.07) is 4.91. The van der Waals surface area contributed by atoms with Gasteiger partial charge in [-0.2, -0.15) is 0 Å². The summed E-state index contributed by atoms with van der Waals surface area (Å²) in [6.07, 6.45) is 4.56. The number of carbonyl (C=O) groups is 1. The number of nitrogens with one attached hydrogen (secondary N) is 2. The van der Waals surface area contributed by atoms with Gasteiger partial charge in [-0.25, -0.2) is 8.78 Å². The van der Waals surface area contributed by atoms with Crippen LogP contribution in [0.2, 0.25) is 0 Å². The van der Waals surface area contributed by atoms with Crippen LogP contribution in [0.1, 0.15) is 25.7 Å². The molecule has 2 bridgehead atoms. The zero-order valence-electron chi connectivity index (χ0n) is 12.6. The fourth-order valence-corrected chi connectivity index (χ4v) is 3.52. The van der Waals surface area contributed by atoms with Crippen LogP contribution in [0.15, 0.2) is 18.2 Å². The van der Waals surface area contributed by atoms with E-state index < -0.39 is 11.6 Å². The molecule has 2 unspecified atom stereocenters. The van der Waals surface area contributed by atoms with Crippen molar-refractivity contribution in [2.75, 3.05) is 18.9 Å². The normalized spacial score (nSPS) is 27.2. The average Bonchev–Trinajstić information content (AvgIpc) is 2.81. The van der Waals surface area contributed by atoms with E-state index >= 15 is 0 Å². The van der Waals surface area contributed by atoms with Crippen LogP contribution in [0.4, 0.5) is 14.5 Å². The molecule has 1 aromatic rings.